The van der Waals surface area contributed by atoms with Gasteiger partial charge < -0.3 is 25.7 Å². The molecule has 2 rings (SSSR count). The average molecular weight is 399 g/mol. The molecule has 0 atom stereocenters. The fraction of sp³-hybridized carbons (Fsp3) is 0.364. The van der Waals surface area contributed by atoms with Crippen molar-refractivity contribution in [3.8, 4) is 16.9 Å². The lowest BCUT2D eigenvalue weighted by Crippen LogP contribution is -2.24. The lowest BCUT2D eigenvalue weighted by atomic mass is 9.99. The minimum absolute atomic E-state index is 0.218. The average Bonchev–Trinajstić information content (AvgIpc) is 2.70. The molecule has 2 aromatic carbocycles. The Kier molecular flexibility index (Phi) is 9.14. The number of methoxy groups -OCH3 is 2. The second-order valence-electron chi connectivity index (χ2n) is 6.59. The molecule has 7 heteroatoms. The topological polar surface area (TPSA) is 109 Å². The van der Waals surface area contributed by atoms with E-state index >= 15 is 0 Å². The van der Waals surface area contributed by atoms with Crippen LogP contribution in [-0.2, 0) is 27.3 Å². The minimum Gasteiger partial charge on any atom is -0.493 e. The van der Waals surface area contributed by atoms with Crippen molar-refractivity contribution >= 4 is 11.9 Å². The molecule has 0 fully saturated rings. The predicted octanol–water partition coefficient (Wildman–Crippen LogP) is 2.65. The summed E-state index contributed by atoms with van der Waals surface area (Å²) in [5.41, 5.74) is 14.6. The van der Waals surface area contributed by atoms with E-state index in [1.807, 2.05) is 42.5 Å². The Hall–Kier alpha value is -2.90. The van der Waals surface area contributed by atoms with Crippen LogP contribution in [-0.4, -0.2) is 39.3 Å². The largest absolute Gasteiger partial charge is 0.493 e. The van der Waals surface area contributed by atoms with Crippen LogP contribution in [0.15, 0.2) is 47.5 Å². The molecule has 29 heavy (non-hydrogen) atoms. The van der Waals surface area contributed by atoms with Gasteiger partial charge in [-0.05, 0) is 29.2 Å². The van der Waals surface area contributed by atoms with E-state index in [1.54, 1.807) is 14.2 Å². The third-order valence-electron chi connectivity index (χ3n) is 4.25. The Bertz CT molecular complexity index is 815. The summed E-state index contributed by atoms with van der Waals surface area (Å²) in [6, 6.07) is 14.1. The number of hydrogen-bond acceptors (Lipinski definition) is 4. The van der Waals surface area contributed by atoms with E-state index in [1.165, 1.54) is 0 Å². The first-order valence-corrected chi connectivity index (χ1v) is 9.49. The Balaban J connectivity index is 2.20. The summed E-state index contributed by atoms with van der Waals surface area (Å²) < 4.78 is 16.3. The molecule has 0 bridgehead atoms. The van der Waals surface area contributed by atoms with Gasteiger partial charge in [-0.1, -0.05) is 36.4 Å². The van der Waals surface area contributed by atoms with Crippen LogP contribution < -0.4 is 16.2 Å². The fourth-order valence-corrected chi connectivity index (χ4v) is 2.86. The summed E-state index contributed by atoms with van der Waals surface area (Å²) in [6.07, 6.45) is 1.54. The molecule has 156 valence electrons. The highest BCUT2D eigenvalue weighted by Gasteiger charge is 2.10. The standard InChI is InChI=1S/C22H29N3O4/c1-27-12-3-13-29-20-14-16(7-11-21(26)25-22(23)24)6-10-19(20)18-8-4-17(5-9-18)15-28-2/h4-6,8-10,14H,3,7,11-13,15H2,1-2H3,(H4,23,24,25,26). The third kappa shape index (κ3) is 7.56. The van der Waals surface area contributed by atoms with Gasteiger partial charge in [-0.3, -0.25) is 4.79 Å². The third-order valence-corrected chi connectivity index (χ3v) is 4.25. The quantitative estimate of drug-likeness (QED) is 0.342. The fourth-order valence-electron chi connectivity index (χ4n) is 2.86. The van der Waals surface area contributed by atoms with Gasteiger partial charge in [-0.15, -0.1) is 0 Å². The Morgan fingerprint density at radius 1 is 0.966 bits per heavy atom. The molecule has 0 saturated carbocycles. The van der Waals surface area contributed by atoms with Crippen molar-refractivity contribution in [1.29, 1.82) is 0 Å². The minimum atomic E-state index is -0.342. The molecule has 0 spiro atoms. The number of ether oxygens (including phenoxy) is 3. The lowest BCUT2D eigenvalue weighted by molar-refractivity contribution is -0.117. The molecule has 7 nitrogen and oxygen atoms in total. The lowest BCUT2D eigenvalue weighted by Gasteiger charge is -2.14. The molecule has 0 heterocycles. The summed E-state index contributed by atoms with van der Waals surface area (Å²) in [5, 5.41) is 0. The van der Waals surface area contributed by atoms with Gasteiger partial charge in [0.15, 0.2) is 5.96 Å². The van der Waals surface area contributed by atoms with E-state index in [9.17, 15) is 4.79 Å². The number of nitrogens with zero attached hydrogens (tertiary/aromatic N) is 1. The summed E-state index contributed by atoms with van der Waals surface area (Å²) in [5.74, 6) is 0.210. The number of guanidine groups is 1. The summed E-state index contributed by atoms with van der Waals surface area (Å²) >= 11 is 0. The van der Waals surface area contributed by atoms with Gasteiger partial charge in [0.2, 0.25) is 5.91 Å². The second kappa shape index (κ2) is 11.8. The van der Waals surface area contributed by atoms with Crippen LogP contribution >= 0.6 is 0 Å². The van der Waals surface area contributed by atoms with E-state index in [-0.39, 0.29) is 18.3 Å². The van der Waals surface area contributed by atoms with Gasteiger partial charge in [0.05, 0.1) is 13.2 Å². The van der Waals surface area contributed by atoms with Crippen molar-refractivity contribution in [2.45, 2.75) is 25.9 Å². The first-order chi connectivity index (χ1) is 14.0. The van der Waals surface area contributed by atoms with Crippen molar-refractivity contribution in [3.63, 3.8) is 0 Å². The van der Waals surface area contributed by atoms with E-state index in [0.29, 0.717) is 26.2 Å². The van der Waals surface area contributed by atoms with Crippen LogP contribution in [0.3, 0.4) is 0 Å². The van der Waals surface area contributed by atoms with Gasteiger partial charge in [-0.2, -0.15) is 4.99 Å². The van der Waals surface area contributed by atoms with Crippen LogP contribution in [0.2, 0.25) is 0 Å². The highest BCUT2D eigenvalue weighted by molar-refractivity contribution is 5.91. The maximum absolute atomic E-state index is 11.7. The van der Waals surface area contributed by atoms with Crippen molar-refractivity contribution < 1.29 is 19.0 Å². The van der Waals surface area contributed by atoms with E-state index in [0.717, 1.165) is 34.4 Å². The van der Waals surface area contributed by atoms with Crippen molar-refractivity contribution in [1.82, 2.24) is 0 Å². The second-order valence-corrected chi connectivity index (χ2v) is 6.59. The van der Waals surface area contributed by atoms with Gasteiger partial charge in [-0.25, -0.2) is 0 Å². The van der Waals surface area contributed by atoms with Crippen LogP contribution in [0.25, 0.3) is 11.1 Å². The number of carbonyl (C=O) groups is 1. The highest BCUT2D eigenvalue weighted by atomic mass is 16.5. The van der Waals surface area contributed by atoms with Crippen molar-refractivity contribution in [3.05, 3.63) is 53.6 Å². The number of carbonyl (C=O) groups excluding carboxylic acids is 1. The number of amides is 1. The number of nitrogens with two attached hydrogens (primary N) is 2. The number of hydrogen-bond donors (Lipinski definition) is 2. The van der Waals surface area contributed by atoms with Gasteiger partial charge in [0.1, 0.15) is 5.75 Å². The maximum Gasteiger partial charge on any atom is 0.249 e. The predicted molar refractivity (Wildman–Crippen MR) is 114 cm³/mol. The Labute approximate surface area is 171 Å². The number of rotatable bonds is 11. The molecule has 2 aromatic rings. The zero-order chi connectivity index (χ0) is 21.1. The van der Waals surface area contributed by atoms with Crippen LogP contribution in [0.4, 0.5) is 0 Å². The molecule has 1 amide bonds. The number of aliphatic imine (C=N–C) groups is 1. The summed E-state index contributed by atoms with van der Waals surface area (Å²) in [7, 11) is 3.34. The number of benzene rings is 2. The van der Waals surface area contributed by atoms with Gasteiger partial charge >= 0.3 is 0 Å². The maximum atomic E-state index is 11.7. The van der Waals surface area contributed by atoms with E-state index in [4.69, 9.17) is 25.7 Å². The smallest absolute Gasteiger partial charge is 0.249 e. The normalized spacial score (nSPS) is 10.6. The van der Waals surface area contributed by atoms with Crippen LogP contribution in [0.1, 0.15) is 24.0 Å². The molecule has 0 saturated heterocycles. The van der Waals surface area contributed by atoms with E-state index in [2.05, 4.69) is 4.99 Å². The van der Waals surface area contributed by atoms with Gasteiger partial charge in [0.25, 0.3) is 0 Å². The van der Waals surface area contributed by atoms with Crippen LogP contribution in [0.5, 0.6) is 5.75 Å². The molecular weight excluding hydrogens is 370 g/mol. The Morgan fingerprint density at radius 3 is 2.34 bits per heavy atom. The zero-order valence-corrected chi connectivity index (χ0v) is 17.0. The Morgan fingerprint density at radius 2 is 1.69 bits per heavy atom. The zero-order valence-electron chi connectivity index (χ0n) is 17.0. The van der Waals surface area contributed by atoms with Gasteiger partial charge in [0, 0.05) is 39.2 Å². The number of aryl methyl sites for hydroxylation is 1. The van der Waals surface area contributed by atoms with Crippen molar-refractivity contribution in [2.75, 3.05) is 27.4 Å². The summed E-state index contributed by atoms with van der Waals surface area (Å²) in [4.78, 5) is 15.3. The van der Waals surface area contributed by atoms with E-state index < -0.39 is 0 Å². The first kappa shape index (κ1) is 22.4. The molecule has 0 unspecified atom stereocenters. The molecule has 0 aliphatic carbocycles. The molecule has 0 aliphatic heterocycles. The van der Waals surface area contributed by atoms with Crippen molar-refractivity contribution in [2.24, 2.45) is 16.5 Å². The SMILES string of the molecule is COCCCOc1cc(CCC(=O)N=C(N)N)ccc1-c1ccc(COC)cc1. The molecule has 0 aromatic heterocycles. The molecular formula is C22H29N3O4. The highest BCUT2D eigenvalue weighted by Crippen LogP contribution is 2.32. The van der Waals surface area contributed by atoms with Crippen LogP contribution in [0, 0.1) is 0 Å². The first-order valence-electron chi connectivity index (χ1n) is 9.49. The molecule has 0 radical (unpaired) electrons. The molecule has 0 aliphatic rings. The monoisotopic (exact) mass is 399 g/mol. The molecule has 4 N–H and O–H groups in total. The summed E-state index contributed by atoms with van der Waals surface area (Å²) in [6.45, 7) is 1.75.